The van der Waals surface area contributed by atoms with Crippen molar-refractivity contribution in [2.75, 3.05) is 13.2 Å². The molecule has 0 atom stereocenters. The van der Waals surface area contributed by atoms with Crippen LogP contribution in [0, 0.1) is 11.5 Å². The number of carbonyl (C=O) groups excluding carboxylic acids is 1. The highest BCUT2D eigenvalue weighted by Crippen LogP contribution is 2.31. The molecule has 33 heavy (non-hydrogen) atoms. The highest BCUT2D eigenvalue weighted by molar-refractivity contribution is 6.83. The van der Waals surface area contributed by atoms with Crippen LogP contribution >= 0.6 is 0 Å². The van der Waals surface area contributed by atoms with Crippen molar-refractivity contribution in [2.45, 2.75) is 58.5 Å². The molecule has 176 valence electrons. The molecule has 0 saturated heterocycles. The highest BCUT2D eigenvalue weighted by Gasteiger charge is 2.30. The van der Waals surface area contributed by atoms with Crippen LogP contribution in [0.3, 0.4) is 0 Å². The fraction of sp³-hybridized carbons (Fsp3) is 0.458. The van der Waals surface area contributed by atoms with Crippen molar-refractivity contribution < 1.29 is 22.7 Å². The molecule has 0 spiro atoms. The molecule has 1 aliphatic heterocycles. The molecule has 0 radical (unpaired) electrons. The molecule has 1 aromatic carbocycles. The minimum atomic E-state index is -4.41. The number of alkyl halides is 3. The number of amides is 1. The lowest BCUT2D eigenvalue weighted by Gasteiger charge is -2.28. The molecule has 3 rings (SSSR count). The van der Waals surface area contributed by atoms with Gasteiger partial charge in [0.05, 0.1) is 24.4 Å². The van der Waals surface area contributed by atoms with Crippen molar-refractivity contribution in [1.29, 1.82) is 0 Å². The molecular formula is C24H28F3N3O2Si. The fourth-order valence-electron chi connectivity index (χ4n) is 3.27. The van der Waals surface area contributed by atoms with Gasteiger partial charge in [-0.2, -0.15) is 13.2 Å². The summed E-state index contributed by atoms with van der Waals surface area (Å²) in [4.78, 5) is 23.3. The fourth-order valence-corrected chi connectivity index (χ4v) is 3.76. The second-order valence-electron chi connectivity index (χ2n) is 9.04. The van der Waals surface area contributed by atoms with E-state index in [9.17, 15) is 18.0 Å². The van der Waals surface area contributed by atoms with Gasteiger partial charge in [0.25, 0.3) is 0 Å². The summed E-state index contributed by atoms with van der Waals surface area (Å²) < 4.78 is 44.2. The van der Waals surface area contributed by atoms with Crippen molar-refractivity contribution in [3.8, 4) is 22.9 Å². The van der Waals surface area contributed by atoms with Crippen LogP contribution in [-0.2, 0) is 23.9 Å². The Morgan fingerprint density at radius 2 is 1.88 bits per heavy atom. The van der Waals surface area contributed by atoms with Crippen molar-refractivity contribution >= 4 is 14.2 Å². The van der Waals surface area contributed by atoms with Crippen LogP contribution in [0.1, 0.15) is 42.3 Å². The maximum absolute atomic E-state index is 13.0. The van der Waals surface area contributed by atoms with E-state index in [1.54, 1.807) is 4.90 Å². The van der Waals surface area contributed by atoms with Crippen LogP contribution in [0.2, 0.25) is 19.6 Å². The minimum absolute atomic E-state index is 0.248. The lowest BCUT2D eigenvalue weighted by molar-refractivity contribution is -0.137. The summed E-state index contributed by atoms with van der Waals surface area (Å²) in [6, 6.07) is 4.76. The van der Waals surface area contributed by atoms with Crippen molar-refractivity contribution in [3.05, 3.63) is 46.8 Å². The van der Waals surface area contributed by atoms with Crippen molar-refractivity contribution in [2.24, 2.45) is 0 Å². The van der Waals surface area contributed by atoms with E-state index >= 15 is 0 Å². The van der Waals surface area contributed by atoms with Crippen molar-refractivity contribution in [3.63, 3.8) is 0 Å². The molecule has 0 aliphatic carbocycles. The number of fused-ring (bicyclic) bond motifs is 1. The van der Waals surface area contributed by atoms with Gasteiger partial charge in [0.1, 0.15) is 13.8 Å². The first-order valence-corrected chi connectivity index (χ1v) is 14.5. The van der Waals surface area contributed by atoms with Crippen LogP contribution in [0.4, 0.5) is 18.0 Å². The predicted molar refractivity (Wildman–Crippen MR) is 123 cm³/mol. The van der Waals surface area contributed by atoms with E-state index in [2.05, 4.69) is 41.1 Å². The summed E-state index contributed by atoms with van der Waals surface area (Å²) in [5.41, 5.74) is 5.15. The van der Waals surface area contributed by atoms with E-state index in [1.807, 2.05) is 6.92 Å². The molecule has 0 unspecified atom stereocenters. The molecule has 0 fully saturated rings. The smallest absolute Gasteiger partial charge is 0.416 e. The Balaban J connectivity index is 1.98. The number of benzene rings is 1. The van der Waals surface area contributed by atoms with E-state index in [0.717, 1.165) is 30.5 Å². The Morgan fingerprint density at radius 1 is 1.18 bits per heavy atom. The van der Waals surface area contributed by atoms with E-state index < -0.39 is 25.9 Å². The quantitative estimate of drug-likeness (QED) is 0.324. The number of unbranched alkanes of at least 4 members (excludes halogenated alkanes) is 1. The molecule has 1 amide bonds. The van der Waals surface area contributed by atoms with Gasteiger partial charge >= 0.3 is 12.3 Å². The van der Waals surface area contributed by atoms with Crippen molar-refractivity contribution in [1.82, 2.24) is 14.9 Å². The maximum Gasteiger partial charge on any atom is 0.416 e. The zero-order chi connectivity index (χ0) is 24.2. The second-order valence-corrected chi connectivity index (χ2v) is 13.8. The third-order valence-corrected chi connectivity index (χ3v) is 5.95. The summed E-state index contributed by atoms with van der Waals surface area (Å²) in [6.45, 7) is 9.48. The lowest BCUT2D eigenvalue weighted by atomic mass is 10.0. The average molecular weight is 476 g/mol. The Labute approximate surface area is 193 Å². The average Bonchev–Trinajstić information content (AvgIpc) is 2.76. The number of carbonyl (C=O) groups is 1. The summed E-state index contributed by atoms with van der Waals surface area (Å²) in [6.07, 6.45) is -2.53. The number of nitrogens with zero attached hydrogens (tertiary/aromatic N) is 3. The first kappa shape index (κ1) is 24.8. The largest absolute Gasteiger partial charge is 0.449 e. The monoisotopic (exact) mass is 475 g/mol. The standard InChI is InChI=1S/C24H28F3N3O2Si/c1-5-6-14-32-23(31)30-13-11-19-20(12-15-33(2,3)4)28-22(29-21(19)16-30)17-7-9-18(10-8-17)24(25,26)27/h7-10H,5-6,11,13-14,16H2,1-4H3. The summed E-state index contributed by atoms with van der Waals surface area (Å²) in [5.74, 6) is 3.49. The lowest BCUT2D eigenvalue weighted by Crippen LogP contribution is -2.37. The van der Waals surface area contributed by atoms with Gasteiger partial charge in [-0.1, -0.05) is 51.0 Å². The van der Waals surface area contributed by atoms with Gasteiger partial charge in [-0.15, -0.1) is 5.54 Å². The Morgan fingerprint density at radius 3 is 2.48 bits per heavy atom. The van der Waals surface area contributed by atoms with Gasteiger partial charge in [0, 0.05) is 17.7 Å². The molecule has 5 nitrogen and oxygen atoms in total. The molecule has 1 aliphatic rings. The number of rotatable bonds is 4. The van der Waals surface area contributed by atoms with Gasteiger partial charge in [0.15, 0.2) is 5.82 Å². The van der Waals surface area contributed by atoms with E-state index in [1.165, 1.54) is 12.1 Å². The first-order chi connectivity index (χ1) is 15.5. The van der Waals surface area contributed by atoms with Crippen LogP contribution in [0.25, 0.3) is 11.4 Å². The molecule has 2 heterocycles. The third-order valence-electron chi connectivity index (χ3n) is 5.07. The molecule has 0 saturated carbocycles. The molecule has 0 N–H and O–H groups in total. The van der Waals surface area contributed by atoms with Crippen LogP contribution in [0.5, 0.6) is 0 Å². The zero-order valence-electron chi connectivity index (χ0n) is 19.3. The number of ether oxygens (including phenoxy) is 1. The number of halogens is 3. The highest BCUT2D eigenvalue weighted by atomic mass is 28.3. The number of aromatic nitrogens is 2. The third kappa shape index (κ3) is 6.57. The van der Waals surface area contributed by atoms with Gasteiger partial charge in [0.2, 0.25) is 0 Å². The second kappa shape index (κ2) is 9.95. The Kier molecular flexibility index (Phi) is 7.47. The van der Waals surface area contributed by atoms with Crippen LogP contribution in [0.15, 0.2) is 24.3 Å². The zero-order valence-corrected chi connectivity index (χ0v) is 20.3. The molecule has 1 aromatic heterocycles. The topological polar surface area (TPSA) is 55.3 Å². The maximum atomic E-state index is 13.0. The molecule has 9 heteroatoms. The molecule has 2 aromatic rings. The van der Waals surface area contributed by atoms with Crippen LogP contribution in [-0.4, -0.2) is 42.2 Å². The summed E-state index contributed by atoms with van der Waals surface area (Å²) in [5, 5.41) is 0. The Hall–Kier alpha value is -2.86. The number of hydrogen-bond acceptors (Lipinski definition) is 4. The van der Waals surface area contributed by atoms with E-state index in [-0.39, 0.29) is 6.54 Å². The predicted octanol–water partition coefficient (Wildman–Crippen LogP) is 5.69. The SMILES string of the molecule is CCCCOC(=O)N1CCc2c(C#C[Si](C)(C)C)nc(-c3ccc(C(F)(F)F)cc3)nc2C1. The normalized spacial score (nSPS) is 13.7. The number of hydrogen-bond donors (Lipinski definition) is 0. The van der Waals surface area contributed by atoms with Gasteiger partial charge in [-0.3, -0.25) is 0 Å². The van der Waals surface area contributed by atoms with E-state index in [0.29, 0.717) is 42.3 Å². The summed E-state index contributed by atoms with van der Waals surface area (Å²) >= 11 is 0. The molecular weight excluding hydrogens is 447 g/mol. The van der Waals surface area contributed by atoms with Gasteiger partial charge in [-0.25, -0.2) is 14.8 Å². The van der Waals surface area contributed by atoms with Crippen LogP contribution < -0.4 is 0 Å². The summed E-state index contributed by atoms with van der Waals surface area (Å²) in [7, 11) is -1.69. The Bertz CT molecular complexity index is 1070. The van der Waals surface area contributed by atoms with Gasteiger partial charge < -0.3 is 9.64 Å². The minimum Gasteiger partial charge on any atom is -0.449 e. The van der Waals surface area contributed by atoms with Gasteiger partial charge in [-0.05, 0) is 25.0 Å². The van der Waals surface area contributed by atoms with E-state index in [4.69, 9.17) is 4.74 Å². The first-order valence-electron chi connectivity index (χ1n) is 11.0. The molecule has 0 bridgehead atoms.